The highest BCUT2D eigenvalue weighted by molar-refractivity contribution is 14.1. The largest absolute Gasteiger partial charge is 0.490 e. The van der Waals surface area contributed by atoms with Gasteiger partial charge in [0, 0.05) is 16.3 Å². The van der Waals surface area contributed by atoms with Crippen LogP contribution in [0, 0.1) is 28.7 Å². The van der Waals surface area contributed by atoms with E-state index in [1.807, 2.05) is 75.4 Å². The third-order valence-corrected chi connectivity index (χ3v) is 6.15. The number of carbonyl (C=O) groups excluding carboxylic acids is 1. The molecule has 0 radical (unpaired) electrons. The van der Waals surface area contributed by atoms with Crippen molar-refractivity contribution in [2.45, 2.75) is 27.4 Å². The Morgan fingerprint density at radius 1 is 1.15 bits per heavy atom. The third-order valence-electron chi connectivity index (χ3n) is 4.98. The number of ether oxygens (including phenoxy) is 2. The lowest BCUT2D eigenvalue weighted by molar-refractivity contribution is -0.112. The number of nitriles is 1. The van der Waals surface area contributed by atoms with Gasteiger partial charge in [0.05, 0.1) is 10.2 Å². The van der Waals surface area contributed by atoms with Gasteiger partial charge in [0.15, 0.2) is 11.5 Å². The van der Waals surface area contributed by atoms with Gasteiger partial charge >= 0.3 is 0 Å². The van der Waals surface area contributed by atoms with Crippen LogP contribution in [-0.2, 0) is 11.4 Å². The Bertz CT molecular complexity index is 1280. The number of rotatable bonds is 8. The predicted octanol–water partition coefficient (Wildman–Crippen LogP) is 7.08. The lowest BCUT2D eigenvalue weighted by Crippen LogP contribution is -2.14. The number of hydrogen-bond donors (Lipinski definition) is 1. The summed E-state index contributed by atoms with van der Waals surface area (Å²) in [7, 11) is 0. The van der Waals surface area contributed by atoms with Crippen LogP contribution in [0.5, 0.6) is 11.5 Å². The van der Waals surface area contributed by atoms with Crippen LogP contribution >= 0.6 is 34.2 Å². The first kappa shape index (κ1) is 25.6. The molecule has 0 aliphatic rings. The van der Waals surface area contributed by atoms with Gasteiger partial charge in [0.25, 0.3) is 5.91 Å². The van der Waals surface area contributed by atoms with Crippen LogP contribution in [0.25, 0.3) is 6.08 Å². The lowest BCUT2D eigenvalue weighted by atomic mass is 10.1. The summed E-state index contributed by atoms with van der Waals surface area (Å²) >= 11 is 8.40. The molecule has 0 saturated heterocycles. The standard InChI is InChI=1S/C27H24ClIN2O3/c1-4-33-25-14-19(13-23(29)26(25)34-16-20-7-5-6-8-22(20)28)12-21(15-30)27(32)31-24-11-17(2)9-10-18(24)3/h5-14H,4,16H2,1-3H3,(H,31,32)/b21-12-. The van der Waals surface area contributed by atoms with E-state index >= 15 is 0 Å². The highest BCUT2D eigenvalue weighted by Gasteiger charge is 2.15. The van der Waals surface area contributed by atoms with Crippen LogP contribution in [0.15, 0.2) is 60.2 Å². The van der Waals surface area contributed by atoms with Crippen molar-refractivity contribution in [1.29, 1.82) is 5.26 Å². The number of benzene rings is 3. The SMILES string of the molecule is CCOc1cc(/C=C(/C#N)C(=O)Nc2cc(C)ccc2C)cc(I)c1OCc1ccccc1Cl. The van der Waals surface area contributed by atoms with Crippen LogP contribution in [0.1, 0.15) is 29.2 Å². The van der Waals surface area contributed by atoms with Gasteiger partial charge in [-0.3, -0.25) is 4.79 Å². The van der Waals surface area contributed by atoms with Crippen molar-refractivity contribution < 1.29 is 14.3 Å². The molecule has 0 atom stereocenters. The number of carbonyl (C=O) groups is 1. The Balaban J connectivity index is 1.87. The van der Waals surface area contributed by atoms with Crippen molar-refractivity contribution in [3.63, 3.8) is 0 Å². The van der Waals surface area contributed by atoms with Crippen LogP contribution in [0.2, 0.25) is 5.02 Å². The molecule has 0 spiro atoms. The first-order valence-corrected chi connectivity index (χ1v) is 12.1. The summed E-state index contributed by atoms with van der Waals surface area (Å²) in [6, 6.07) is 18.9. The Labute approximate surface area is 218 Å². The molecule has 0 unspecified atom stereocenters. The Morgan fingerprint density at radius 2 is 1.91 bits per heavy atom. The molecule has 0 heterocycles. The fourth-order valence-corrected chi connectivity index (χ4v) is 4.19. The summed E-state index contributed by atoms with van der Waals surface area (Å²) in [4.78, 5) is 12.8. The number of halogens is 2. The number of anilines is 1. The van der Waals surface area contributed by atoms with Gasteiger partial charge in [-0.1, -0.05) is 41.9 Å². The Morgan fingerprint density at radius 3 is 2.62 bits per heavy atom. The van der Waals surface area contributed by atoms with Crippen molar-refractivity contribution in [1.82, 2.24) is 0 Å². The molecule has 1 N–H and O–H groups in total. The summed E-state index contributed by atoms with van der Waals surface area (Å²) in [5.41, 5.74) is 4.13. The minimum Gasteiger partial charge on any atom is -0.490 e. The fraction of sp³-hybridized carbons (Fsp3) is 0.185. The van der Waals surface area contributed by atoms with E-state index in [-0.39, 0.29) is 12.2 Å². The topological polar surface area (TPSA) is 71.3 Å². The Kier molecular flexibility index (Phi) is 8.97. The maximum absolute atomic E-state index is 12.8. The molecule has 1 amide bonds. The van der Waals surface area contributed by atoms with Gasteiger partial charge < -0.3 is 14.8 Å². The molecule has 0 aliphatic carbocycles. The van der Waals surface area contributed by atoms with Crippen LogP contribution in [0.4, 0.5) is 5.69 Å². The van der Waals surface area contributed by atoms with E-state index in [1.165, 1.54) is 0 Å². The van der Waals surface area contributed by atoms with Gasteiger partial charge in [0.2, 0.25) is 0 Å². The van der Waals surface area contributed by atoms with E-state index in [2.05, 4.69) is 27.9 Å². The van der Waals surface area contributed by atoms with E-state index in [0.717, 1.165) is 20.3 Å². The van der Waals surface area contributed by atoms with Crippen molar-refractivity contribution in [2.75, 3.05) is 11.9 Å². The first-order chi connectivity index (χ1) is 16.3. The molecule has 3 rings (SSSR count). The zero-order chi connectivity index (χ0) is 24.7. The average Bonchev–Trinajstić information content (AvgIpc) is 2.80. The second kappa shape index (κ2) is 11.9. The minimum absolute atomic E-state index is 0.0103. The van der Waals surface area contributed by atoms with Crippen LogP contribution in [-0.4, -0.2) is 12.5 Å². The number of aryl methyl sites for hydroxylation is 2. The minimum atomic E-state index is -0.469. The quantitative estimate of drug-likeness (QED) is 0.174. The summed E-state index contributed by atoms with van der Waals surface area (Å²) < 4.78 is 12.6. The molecule has 34 heavy (non-hydrogen) atoms. The molecule has 3 aromatic rings. The second-order valence-corrected chi connectivity index (χ2v) is 9.15. The van der Waals surface area contributed by atoms with Gasteiger partial charge in [-0.2, -0.15) is 5.26 Å². The van der Waals surface area contributed by atoms with Crippen molar-refractivity contribution in [3.8, 4) is 17.6 Å². The van der Waals surface area contributed by atoms with E-state index in [4.69, 9.17) is 21.1 Å². The van der Waals surface area contributed by atoms with Gasteiger partial charge in [-0.05, 0) is 90.4 Å². The fourth-order valence-electron chi connectivity index (χ4n) is 3.22. The molecule has 3 aromatic carbocycles. The van der Waals surface area contributed by atoms with E-state index in [9.17, 15) is 10.1 Å². The molecule has 0 saturated carbocycles. The molecule has 0 fully saturated rings. The molecule has 0 aromatic heterocycles. The first-order valence-electron chi connectivity index (χ1n) is 10.6. The summed E-state index contributed by atoms with van der Waals surface area (Å²) in [5, 5.41) is 13.1. The summed E-state index contributed by atoms with van der Waals surface area (Å²) in [5.74, 6) is 0.640. The summed E-state index contributed by atoms with van der Waals surface area (Å²) in [6.45, 7) is 6.45. The number of amides is 1. The summed E-state index contributed by atoms with van der Waals surface area (Å²) in [6.07, 6.45) is 1.54. The molecule has 7 heteroatoms. The highest BCUT2D eigenvalue weighted by Crippen LogP contribution is 2.36. The Hall–Kier alpha value is -3.02. The normalized spacial score (nSPS) is 11.0. The van der Waals surface area contributed by atoms with Gasteiger partial charge in [-0.25, -0.2) is 0 Å². The third kappa shape index (κ3) is 6.52. The number of nitrogens with zero attached hydrogens (tertiary/aromatic N) is 1. The van der Waals surface area contributed by atoms with Crippen LogP contribution in [0.3, 0.4) is 0 Å². The molecular weight excluding hydrogens is 563 g/mol. The molecular formula is C27H24ClIN2O3. The van der Waals surface area contributed by atoms with E-state index in [1.54, 1.807) is 12.1 Å². The predicted molar refractivity (Wildman–Crippen MR) is 144 cm³/mol. The van der Waals surface area contributed by atoms with Crippen molar-refractivity contribution >= 4 is 51.9 Å². The maximum Gasteiger partial charge on any atom is 0.266 e. The second-order valence-electron chi connectivity index (χ2n) is 7.59. The molecule has 0 bridgehead atoms. The highest BCUT2D eigenvalue weighted by atomic mass is 127. The molecule has 0 aliphatic heterocycles. The van der Waals surface area contributed by atoms with E-state index < -0.39 is 5.91 Å². The lowest BCUT2D eigenvalue weighted by Gasteiger charge is -2.15. The number of hydrogen-bond acceptors (Lipinski definition) is 4. The van der Waals surface area contributed by atoms with E-state index in [0.29, 0.717) is 34.4 Å². The smallest absolute Gasteiger partial charge is 0.266 e. The number of nitrogens with one attached hydrogen (secondary N) is 1. The van der Waals surface area contributed by atoms with Crippen molar-refractivity contribution in [2.24, 2.45) is 0 Å². The average molecular weight is 587 g/mol. The monoisotopic (exact) mass is 586 g/mol. The molecule has 5 nitrogen and oxygen atoms in total. The zero-order valence-corrected chi connectivity index (χ0v) is 22.0. The zero-order valence-electron chi connectivity index (χ0n) is 19.1. The van der Waals surface area contributed by atoms with Crippen LogP contribution < -0.4 is 14.8 Å². The van der Waals surface area contributed by atoms with Crippen molar-refractivity contribution in [3.05, 3.63) is 91.0 Å². The maximum atomic E-state index is 12.8. The molecule has 174 valence electrons. The van der Waals surface area contributed by atoms with Gasteiger partial charge in [-0.15, -0.1) is 0 Å². The van der Waals surface area contributed by atoms with Gasteiger partial charge in [0.1, 0.15) is 18.2 Å².